The van der Waals surface area contributed by atoms with Gasteiger partial charge in [0.05, 0.1) is 10.6 Å². The number of benzene rings is 2. The highest BCUT2D eigenvalue weighted by atomic mass is 79.9. The third-order valence-corrected chi connectivity index (χ3v) is 4.28. The van der Waals surface area contributed by atoms with Crippen molar-refractivity contribution < 1.29 is 9.90 Å². The average molecular weight is 355 g/mol. The minimum atomic E-state index is -0.288. The van der Waals surface area contributed by atoms with Crippen molar-refractivity contribution in [2.24, 2.45) is 0 Å². The zero-order valence-electron chi connectivity index (χ0n) is 11.0. The molecule has 0 aromatic heterocycles. The maximum Gasteiger partial charge on any atom is 0.257 e. The lowest BCUT2D eigenvalue weighted by Gasteiger charge is -2.12. The molecule has 2 rings (SSSR count). The van der Waals surface area contributed by atoms with Gasteiger partial charge in [-0.15, -0.1) is 0 Å². The molecule has 2 aromatic carbocycles. The van der Waals surface area contributed by atoms with Crippen LogP contribution in [0.1, 0.15) is 21.5 Å². The van der Waals surface area contributed by atoms with Gasteiger partial charge in [0.2, 0.25) is 0 Å². The number of halogens is 2. The van der Waals surface area contributed by atoms with Crippen molar-refractivity contribution in [3.05, 3.63) is 56.5 Å². The van der Waals surface area contributed by atoms with E-state index in [1.807, 2.05) is 6.92 Å². The molecule has 1 amide bonds. The quantitative estimate of drug-likeness (QED) is 0.770. The van der Waals surface area contributed by atoms with Gasteiger partial charge in [0.1, 0.15) is 5.75 Å². The van der Waals surface area contributed by atoms with Gasteiger partial charge >= 0.3 is 0 Å². The van der Waals surface area contributed by atoms with E-state index in [2.05, 4.69) is 21.2 Å². The molecule has 0 bridgehead atoms. The number of carbonyl (C=O) groups is 1. The first-order valence-electron chi connectivity index (χ1n) is 5.95. The summed E-state index contributed by atoms with van der Waals surface area (Å²) in [6.45, 7) is 3.59. The summed E-state index contributed by atoms with van der Waals surface area (Å²) in [4.78, 5) is 12.3. The second-order valence-corrected chi connectivity index (χ2v) is 5.74. The molecular weight excluding hydrogens is 342 g/mol. The first-order valence-corrected chi connectivity index (χ1v) is 7.13. The Kier molecular flexibility index (Phi) is 4.35. The first-order chi connectivity index (χ1) is 9.40. The van der Waals surface area contributed by atoms with Crippen LogP contribution in [0.3, 0.4) is 0 Å². The zero-order valence-corrected chi connectivity index (χ0v) is 13.3. The highest BCUT2D eigenvalue weighted by molar-refractivity contribution is 9.10. The molecule has 0 aliphatic rings. The van der Waals surface area contributed by atoms with Crippen molar-refractivity contribution in [2.75, 3.05) is 5.32 Å². The SMILES string of the molecule is Cc1cc(NC(=O)c2cccc(Br)c2Cl)c(C)cc1O. The largest absolute Gasteiger partial charge is 0.508 e. The second kappa shape index (κ2) is 5.85. The van der Waals surface area contributed by atoms with Crippen LogP contribution in [0.5, 0.6) is 5.75 Å². The minimum Gasteiger partial charge on any atom is -0.508 e. The van der Waals surface area contributed by atoms with Gasteiger partial charge in [0.25, 0.3) is 5.91 Å². The van der Waals surface area contributed by atoms with E-state index in [9.17, 15) is 9.90 Å². The van der Waals surface area contributed by atoms with Crippen LogP contribution >= 0.6 is 27.5 Å². The molecule has 0 spiro atoms. The molecule has 0 radical (unpaired) electrons. The molecule has 2 N–H and O–H groups in total. The molecule has 3 nitrogen and oxygen atoms in total. The molecule has 0 aliphatic heterocycles. The van der Waals surface area contributed by atoms with Gasteiger partial charge in [-0.1, -0.05) is 17.7 Å². The summed E-state index contributed by atoms with van der Waals surface area (Å²) >= 11 is 9.39. The van der Waals surface area contributed by atoms with E-state index in [1.54, 1.807) is 37.3 Å². The summed E-state index contributed by atoms with van der Waals surface area (Å²) in [5.74, 6) is -0.0783. The van der Waals surface area contributed by atoms with E-state index < -0.39 is 0 Å². The lowest BCUT2D eigenvalue weighted by Crippen LogP contribution is -2.13. The van der Waals surface area contributed by atoms with Crippen LogP contribution in [0.2, 0.25) is 5.02 Å². The fourth-order valence-electron chi connectivity index (χ4n) is 1.80. The first kappa shape index (κ1) is 14.9. The molecule has 0 fully saturated rings. The fraction of sp³-hybridized carbons (Fsp3) is 0.133. The van der Waals surface area contributed by atoms with Crippen molar-refractivity contribution in [3.63, 3.8) is 0 Å². The van der Waals surface area contributed by atoms with E-state index in [0.29, 0.717) is 26.3 Å². The predicted octanol–water partition coefficient (Wildman–Crippen LogP) is 4.68. The Bertz CT molecular complexity index is 686. The van der Waals surface area contributed by atoms with Crippen molar-refractivity contribution in [1.29, 1.82) is 0 Å². The fourth-order valence-corrected chi connectivity index (χ4v) is 2.38. The van der Waals surface area contributed by atoms with Gasteiger partial charge in [-0.25, -0.2) is 0 Å². The van der Waals surface area contributed by atoms with Gasteiger partial charge in [-0.2, -0.15) is 0 Å². The Hall–Kier alpha value is -1.52. The number of hydrogen-bond donors (Lipinski definition) is 2. The van der Waals surface area contributed by atoms with E-state index in [4.69, 9.17) is 11.6 Å². The summed E-state index contributed by atoms with van der Waals surface area (Å²) < 4.78 is 0.672. The third kappa shape index (κ3) is 2.97. The van der Waals surface area contributed by atoms with E-state index in [-0.39, 0.29) is 11.7 Å². The molecule has 2 aromatic rings. The number of aromatic hydroxyl groups is 1. The summed E-state index contributed by atoms with van der Waals surface area (Å²) in [7, 11) is 0. The smallest absolute Gasteiger partial charge is 0.257 e. The van der Waals surface area contributed by atoms with Crippen molar-refractivity contribution in [2.45, 2.75) is 13.8 Å². The lowest BCUT2D eigenvalue weighted by molar-refractivity contribution is 0.102. The van der Waals surface area contributed by atoms with Gasteiger partial charge in [-0.05, 0) is 65.2 Å². The zero-order chi connectivity index (χ0) is 14.9. The van der Waals surface area contributed by atoms with Crippen LogP contribution < -0.4 is 5.32 Å². The van der Waals surface area contributed by atoms with Crippen molar-refractivity contribution in [1.82, 2.24) is 0 Å². The molecule has 0 atom stereocenters. The van der Waals surface area contributed by atoms with Crippen molar-refractivity contribution >= 4 is 39.1 Å². The van der Waals surface area contributed by atoms with E-state index in [1.165, 1.54) is 0 Å². The second-order valence-electron chi connectivity index (χ2n) is 4.51. The Morgan fingerprint density at radius 2 is 1.95 bits per heavy atom. The maximum absolute atomic E-state index is 12.3. The summed E-state index contributed by atoms with van der Waals surface area (Å²) in [5.41, 5.74) is 2.53. The van der Waals surface area contributed by atoms with Crippen LogP contribution in [-0.2, 0) is 0 Å². The van der Waals surface area contributed by atoms with Crippen LogP contribution in [-0.4, -0.2) is 11.0 Å². The van der Waals surface area contributed by atoms with Crippen LogP contribution in [0.4, 0.5) is 5.69 Å². The Morgan fingerprint density at radius 1 is 1.25 bits per heavy atom. The Balaban J connectivity index is 2.33. The van der Waals surface area contributed by atoms with Gasteiger partial charge < -0.3 is 10.4 Å². The highest BCUT2D eigenvalue weighted by Crippen LogP contribution is 2.28. The van der Waals surface area contributed by atoms with E-state index >= 15 is 0 Å². The topological polar surface area (TPSA) is 49.3 Å². The monoisotopic (exact) mass is 353 g/mol. The van der Waals surface area contributed by atoms with Gasteiger partial charge in [0, 0.05) is 10.2 Å². The average Bonchev–Trinajstić information content (AvgIpc) is 2.39. The number of aryl methyl sites for hydroxylation is 2. The van der Waals surface area contributed by atoms with Crippen LogP contribution in [0.25, 0.3) is 0 Å². The number of amides is 1. The van der Waals surface area contributed by atoms with Gasteiger partial charge in [-0.3, -0.25) is 4.79 Å². The number of anilines is 1. The molecule has 0 saturated heterocycles. The molecule has 104 valence electrons. The number of rotatable bonds is 2. The maximum atomic E-state index is 12.3. The molecule has 0 aliphatic carbocycles. The number of phenolic OH excluding ortho intramolecular Hbond substituents is 1. The van der Waals surface area contributed by atoms with Gasteiger partial charge in [0.15, 0.2) is 0 Å². The molecule has 0 heterocycles. The Morgan fingerprint density at radius 3 is 2.65 bits per heavy atom. The molecular formula is C15H13BrClNO2. The number of nitrogens with one attached hydrogen (secondary N) is 1. The molecule has 0 unspecified atom stereocenters. The summed E-state index contributed by atoms with van der Waals surface area (Å²) in [6, 6.07) is 8.53. The molecule has 20 heavy (non-hydrogen) atoms. The third-order valence-electron chi connectivity index (χ3n) is 2.99. The molecule has 0 saturated carbocycles. The highest BCUT2D eigenvalue weighted by Gasteiger charge is 2.14. The number of hydrogen-bond acceptors (Lipinski definition) is 2. The lowest BCUT2D eigenvalue weighted by atomic mass is 10.1. The molecule has 5 heteroatoms. The van der Waals surface area contributed by atoms with E-state index in [0.717, 1.165) is 5.56 Å². The standard InChI is InChI=1S/C15H13BrClNO2/c1-8-7-13(19)9(2)6-12(8)18-15(20)10-4-3-5-11(16)14(10)17/h3-7,19H,1-2H3,(H,18,20). The number of carbonyl (C=O) groups excluding carboxylic acids is 1. The number of phenols is 1. The van der Waals surface area contributed by atoms with Crippen LogP contribution in [0.15, 0.2) is 34.8 Å². The summed E-state index contributed by atoms with van der Waals surface area (Å²) in [6.07, 6.45) is 0. The normalized spacial score (nSPS) is 10.4. The summed E-state index contributed by atoms with van der Waals surface area (Å²) in [5, 5.41) is 12.8. The van der Waals surface area contributed by atoms with Crippen LogP contribution in [0, 0.1) is 13.8 Å². The minimum absolute atomic E-state index is 0.209. The Labute approximate surface area is 130 Å². The van der Waals surface area contributed by atoms with Crippen molar-refractivity contribution in [3.8, 4) is 5.75 Å². The predicted molar refractivity (Wildman–Crippen MR) is 84.7 cm³/mol.